The van der Waals surface area contributed by atoms with E-state index in [1.165, 1.54) is 27.8 Å². The van der Waals surface area contributed by atoms with E-state index in [0.717, 1.165) is 13.0 Å². The maximum Gasteiger partial charge on any atom is 0.0581 e. The Balaban J connectivity index is 2.77. The van der Waals surface area contributed by atoms with Crippen LogP contribution in [-0.2, 0) is 6.42 Å². The van der Waals surface area contributed by atoms with Gasteiger partial charge in [0.25, 0.3) is 0 Å². The Bertz CT molecular complexity index is 359. The molecule has 0 aliphatic carbocycles. The summed E-state index contributed by atoms with van der Waals surface area (Å²) in [7, 11) is 0. The summed E-state index contributed by atoms with van der Waals surface area (Å²) in [5, 5.41) is 12.3. The van der Waals surface area contributed by atoms with Crippen LogP contribution in [0.25, 0.3) is 0 Å². The first-order valence-corrected chi connectivity index (χ1v) is 6.37. The zero-order valence-corrected chi connectivity index (χ0v) is 11.7. The van der Waals surface area contributed by atoms with Gasteiger partial charge in [0.15, 0.2) is 0 Å². The smallest absolute Gasteiger partial charge is 0.0581 e. The van der Waals surface area contributed by atoms with Gasteiger partial charge in [0.2, 0.25) is 0 Å². The zero-order chi connectivity index (χ0) is 13.0. The van der Waals surface area contributed by atoms with Crippen molar-refractivity contribution in [2.45, 2.75) is 47.1 Å². The molecular formula is C15H25NO. The van der Waals surface area contributed by atoms with E-state index in [2.05, 4.69) is 39.1 Å². The first kappa shape index (κ1) is 14.2. The summed E-state index contributed by atoms with van der Waals surface area (Å²) in [5.41, 5.74) is 7.02. The molecule has 0 saturated heterocycles. The molecule has 0 aromatic heterocycles. The Labute approximate surface area is 105 Å². The molecule has 0 saturated carbocycles. The summed E-state index contributed by atoms with van der Waals surface area (Å²) in [6.45, 7) is 11.9. The molecule has 0 fully saturated rings. The third-order valence-electron chi connectivity index (χ3n) is 3.66. The molecule has 2 heteroatoms. The van der Waals surface area contributed by atoms with Crippen molar-refractivity contribution in [2.24, 2.45) is 0 Å². The normalized spacial score (nSPS) is 12.8. The van der Waals surface area contributed by atoms with Crippen LogP contribution in [-0.4, -0.2) is 24.3 Å². The van der Waals surface area contributed by atoms with Gasteiger partial charge < -0.3 is 10.4 Å². The number of hydrogen-bond acceptors (Lipinski definition) is 2. The monoisotopic (exact) mass is 235 g/mol. The van der Waals surface area contributed by atoms with Crippen LogP contribution >= 0.6 is 0 Å². The standard InChI is InChI=1S/C15H25NO/c1-10-8-11(2)14(5)15(13(10)4)6-7-16-12(3)9-17/h8,12,16-17H,6-7,9H2,1-5H3. The quantitative estimate of drug-likeness (QED) is 0.821. The maximum atomic E-state index is 8.97. The average Bonchev–Trinajstić information content (AvgIpc) is 2.30. The summed E-state index contributed by atoms with van der Waals surface area (Å²) in [6, 6.07) is 2.44. The fourth-order valence-corrected chi connectivity index (χ4v) is 2.18. The number of aliphatic hydroxyl groups excluding tert-OH is 1. The van der Waals surface area contributed by atoms with E-state index >= 15 is 0 Å². The van der Waals surface area contributed by atoms with Crippen LogP contribution in [0.2, 0.25) is 0 Å². The molecular weight excluding hydrogens is 210 g/mol. The molecule has 0 aliphatic heterocycles. The molecule has 17 heavy (non-hydrogen) atoms. The fraction of sp³-hybridized carbons (Fsp3) is 0.600. The van der Waals surface area contributed by atoms with E-state index in [1.54, 1.807) is 0 Å². The minimum Gasteiger partial charge on any atom is -0.395 e. The molecule has 0 radical (unpaired) electrons. The van der Waals surface area contributed by atoms with Crippen molar-refractivity contribution in [3.63, 3.8) is 0 Å². The van der Waals surface area contributed by atoms with E-state index in [9.17, 15) is 0 Å². The van der Waals surface area contributed by atoms with E-state index < -0.39 is 0 Å². The van der Waals surface area contributed by atoms with Gasteiger partial charge in [-0.1, -0.05) is 6.07 Å². The molecule has 1 rings (SSSR count). The van der Waals surface area contributed by atoms with Gasteiger partial charge in [0.1, 0.15) is 0 Å². The highest BCUT2D eigenvalue weighted by Gasteiger charge is 2.08. The summed E-state index contributed by atoms with van der Waals surface area (Å²) in [5.74, 6) is 0. The van der Waals surface area contributed by atoms with Crippen molar-refractivity contribution >= 4 is 0 Å². The molecule has 2 nitrogen and oxygen atoms in total. The summed E-state index contributed by atoms with van der Waals surface area (Å²) >= 11 is 0. The average molecular weight is 235 g/mol. The van der Waals surface area contributed by atoms with Gasteiger partial charge in [-0.2, -0.15) is 0 Å². The Morgan fingerprint density at radius 3 is 2.12 bits per heavy atom. The lowest BCUT2D eigenvalue weighted by molar-refractivity contribution is 0.252. The van der Waals surface area contributed by atoms with Gasteiger partial charge in [-0.3, -0.25) is 0 Å². The maximum absolute atomic E-state index is 8.97. The minimum absolute atomic E-state index is 0.182. The molecule has 0 spiro atoms. The predicted octanol–water partition coefficient (Wildman–Crippen LogP) is 2.43. The second-order valence-electron chi connectivity index (χ2n) is 5.03. The number of benzene rings is 1. The largest absolute Gasteiger partial charge is 0.395 e. The SMILES string of the molecule is Cc1cc(C)c(C)c(CCNC(C)CO)c1C. The Hall–Kier alpha value is -0.860. The molecule has 0 heterocycles. The molecule has 1 aromatic rings. The van der Waals surface area contributed by atoms with Crippen LogP contribution in [0.15, 0.2) is 6.07 Å². The summed E-state index contributed by atoms with van der Waals surface area (Å²) < 4.78 is 0. The Kier molecular flexibility index (Phi) is 5.16. The van der Waals surface area contributed by atoms with Gasteiger partial charge in [-0.15, -0.1) is 0 Å². The molecule has 0 aliphatic rings. The van der Waals surface area contributed by atoms with Crippen LogP contribution in [0, 0.1) is 27.7 Å². The fourth-order valence-electron chi connectivity index (χ4n) is 2.18. The lowest BCUT2D eigenvalue weighted by Gasteiger charge is -2.17. The molecule has 1 aromatic carbocycles. The van der Waals surface area contributed by atoms with Gasteiger partial charge in [-0.25, -0.2) is 0 Å². The highest BCUT2D eigenvalue weighted by molar-refractivity contribution is 5.44. The van der Waals surface area contributed by atoms with Crippen LogP contribution in [0.5, 0.6) is 0 Å². The summed E-state index contributed by atoms with van der Waals surface area (Å²) in [6.07, 6.45) is 1.03. The van der Waals surface area contributed by atoms with Crippen molar-refractivity contribution in [1.29, 1.82) is 0 Å². The van der Waals surface area contributed by atoms with Crippen molar-refractivity contribution in [1.82, 2.24) is 5.32 Å². The number of rotatable bonds is 5. The van der Waals surface area contributed by atoms with Gasteiger partial charge in [-0.05, 0) is 75.4 Å². The number of aryl methyl sites for hydroxylation is 2. The molecule has 0 amide bonds. The van der Waals surface area contributed by atoms with Gasteiger partial charge in [0.05, 0.1) is 6.61 Å². The molecule has 96 valence electrons. The van der Waals surface area contributed by atoms with Crippen LogP contribution in [0.4, 0.5) is 0 Å². The summed E-state index contributed by atoms with van der Waals surface area (Å²) in [4.78, 5) is 0. The second kappa shape index (κ2) is 6.18. The molecule has 1 atom stereocenters. The zero-order valence-electron chi connectivity index (χ0n) is 11.7. The minimum atomic E-state index is 0.182. The third kappa shape index (κ3) is 3.55. The van der Waals surface area contributed by atoms with Gasteiger partial charge in [0, 0.05) is 6.04 Å². The van der Waals surface area contributed by atoms with Gasteiger partial charge >= 0.3 is 0 Å². The van der Waals surface area contributed by atoms with Crippen molar-refractivity contribution in [2.75, 3.05) is 13.2 Å². The Morgan fingerprint density at radius 2 is 1.65 bits per heavy atom. The molecule has 0 bridgehead atoms. The molecule has 2 N–H and O–H groups in total. The number of hydrogen-bond donors (Lipinski definition) is 2. The second-order valence-corrected chi connectivity index (χ2v) is 5.03. The van der Waals surface area contributed by atoms with E-state index in [4.69, 9.17) is 5.11 Å². The third-order valence-corrected chi connectivity index (χ3v) is 3.66. The van der Waals surface area contributed by atoms with E-state index in [1.807, 2.05) is 6.92 Å². The van der Waals surface area contributed by atoms with E-state index in [-0.39, 0.29) is 12.6 Å². The predicted molar refractivity (Wildman–Crippen MR) is 73.6 cm³/mol. The number of aliphatic hydroxyl groups is 1. The first-order chi connectivity index (χ1) is 7.97. The van der Waals surface area contributed by atoms with Crippen molar-refractivity contribution < 1.29 is 5.11 Å². The Morgan fingerprint density at radius 1 is 1.12 bits per heavy atom. The van der Waals surface area contributed by atoms with Crippen LogP contribution < -0.4 is 5.32 Å². The van der Waals surface area contributed by atoms with E-state index in [0.29, 0.717) is 0 Å². The first-order valence-electron chi connectivity index (χ1n) is 6.37. The number of nitrogens with one attached hydrogen (secondary N) is 1. The molecule has 1 unspecified atom stereocenters. The highest BCUT2D eigenvalue weighted by atomic mass is 16.3. The van der Waals surface area contributed by atoms with Crippen LogP contribution in [0.1, 0.15) is 34.7 Å². The lowest BCUT2D eigenvalue weighted by Crippen LogP contribution is -2.31. The van der Waals surface area contributed by atoms with Crippen LogP contribution in [0.3, 0.4) is 0 Å². The topological polar surface area (TPSA) is 32.3 Å². The highest BCUT2D eigenvalue weighted by Crippen LogP contribution is 2.21. The lowest BCUT2D eigenvalue weighted by atomic mass is 9.92. The van der Waals surface area contributed by atoms with Crippen molar-refractivity contribution in [3.8, 4) is 0 Å². The van der Waals surface area contributed by atoms with Crippen molar-refractivity contribution in [3.05, 3.63) is 33.9 Å².